The zero-order valence-electron chi connectivity index (χ0n) is 14.9. The van der Waals surface area contributed by atoms with Gasteiger partial charge in [0.2, 0.25) is 11.8 Å². The fourth-order valence-corrected chi connectivity index (χ4v) is 3.59. The van der Waals surface area contributed by atoms with Crippen molar-refractivity contribution in [2.75, 3.05) is 13.1 Å². The fourth-order valence-electron chi connectivity index (χ4n) is 3.59. The number of hydrogen-bond donors (Lipinski definition) is 1. The molecule has 2 aliphatic rings. The number of amides is 3. The second-order valence-corrected chi connectivity index (χ2v) is 6.89. The highest BCUT2D eigenvalue weighted by Gasteiger charge is 2.52. The molecule has 0 bridgehead atoms. The van der Waals surface area contributed by atoms with E-state index in [9.17, 15) is 24.4 Å². The molecule has 1 radical (unpaired) electrons. The Morgan fingerprint density at radius 1 is 1.37 bits per heavy atom. The molecule has 3 rings (SSSR count). The second kappa shape index (κ2) is 7.34. The second-order valence-electron chi connectivity index (χ2n) is 6.89. The Morgan fingerprint density at radius 2 is 2.11 bits per heavy atom. The van der Waals surface area contributed by atoms with Gasteiger partial charge in [-0.25, -0.2) is 0 Å². The summed E-state index contributed by atoms with van der Waals surface area (Å²) in [5, 5.41) is 11.8. The van der Waals surface area contributed by atoms with Gasteiger partial charge in [-0.05, 0) is 18.9 Å². The number of primary amides is 1. The first-order valence-electron chi connectivity index (χ1n) is 8.76. The summed E-state index contributed by atoms with van der Waals surface area (Å²) in [7, 11) is 0. The molecule has 2 N–H and O–H groups in total. The highest BCUT2D eigenvalue weighted by molar-refractivity contribution is 6.01. The number of carbonyl (C=O) groups is 4. The van der Waals surface area contributed by atoms with Crippen molar-refractivity contribution in [2.45, 2.75) is 31.8 Å². The van der Waals surface area contributed by atoms with Crippen LogP contribution in [0.4, 0.5) is 0 Å². The number of rotatable bonds is 5. The molecular weight excluding hydrogens is 352 g/mol. The topological polar surface area (TPSA) is 128 Å². The average molecular weight is 373 g/mol. The van der Waals surface area contributed by atoms with Gasteiger partial charge in [0.1, 0.15) is 6.04 Å². The normalized spacial score (nSPS) is 22.6. The zero-order chi connectivity index (χ0) is 19.7. The van der Waals surface area contributed by atoms with Crippen molar-refractivity contribution < 1.29 is 23.9 Å². The van der Waals surface area contributed by atoms with Gasteiger partial charge in [0.05, 0.1) is 19.0 Å². The number of nitrogens with zero attached hydrogens (tertiary/aromatic N) is 3. The Balaban J connectivity index is 1.71. The molecule has 3 unspecified atom stereocenters. The summed E-state index contributed by atoms with van der Waals surface area (Å²) in [4.78, 5) is 51.6. The van der Waals surface area contributed by atoms with E-state index in [0.29, 0.717) is 17.7 Å². The van der Waals surface area contributed by atoms with Gasteiger partial charge >= 0.3 is 5.91 Å². The Labute approximate surface area is 156 Å². The maximum Gasteiger partial charge on any atom is 0.320 e. The van der Waals surface area contributed by atoms with E-state index in [1.165, 1.54) is 34.6 Å². The first-order valence-corrected chi connectivity index (χ1v) is 8.76. The van der Waals surface area contributed by atoms with Crippen molar-refractivity contribution in [3.05, 3.63) is 41.7 Å². The smallest absolute Gasteiger partial charge is 0.320 e. The summed E-state index contributed by atoms with van der Waals surface area (Å²) in [6.07, 6.45) is 3.23. The van der Waals surface area contributed by atoms with Crippen molar-refractivity contribution in [2.24, 2.45) is 11.7 Å². The van der Waals surface area contributed by atoms with Crippen LogP contribution in [0.3, 0.4) is 0 Å². The van der Waals surface area contributed by atoms with Gasteiger partial charge in [0, 0.05) is 24.6 Å². The van der Waals surface area contributed by atoms with Crippen LogP contribution in [-0.2, 0) is 14.4 Å². The lowest BCUT2D eigenvalue weighted by atomic mass is 10.0. The summed E-state index contributed by atoms with van der Waals surface area (Å²) >= 11 is 0. The molecular formula is C18H21N4O5. The van der Waals surface area contributed by atoms with E-state index in [2.05, 4.69) is 0 Å². The highest BCUT2D eigenvalue weighted by atomic mass is 16.5. The van der Waals surface area contributed by atoms with Crippen LogP contribution >= 0.6 is 0 Å². The molecule has 3 amide bonds. The summed E-state index contributed by atoms with van der Waals surface area (Å²) in [5.74, 6) is -2.08. The van der Waals surface area contributed by atoms with Crippen LogP contribution in [0, 0.1) is 17.5 Å². The lowest BCUT2D eigenvalue weighted by molar-refractivity contribution is -0.608. The lowest BCUT2D eigenvalue weighted by Crippen LogP contribution is -2.46. The molecule has 1 aromatic heterocycles. The minimum atomic E-state index is -0.717. The maximum atomic E-state index is 12.7. The maximum absolute atomic E-state index is 12.7. The number of ketones is 1. The number of aromatic nitrogens is 1. The molecule has 2 fully saturated rings. The average Bonchev–Trinajstić information content (AvgIpc) is 3.20. The van der Waals surface area contributed by atoms with Gasteiger partial charge in [-0.15, -0.1) is 0 Å². The predicted octanol–water partition coefficient (Wildman–Crippen LogP) is -0.970. The van der Waals surface area contributed by atoms with Gasteiger partial charge in [-0.3, -0.25) is 19.2 Å². The number of fused-ring (bicyclic) bond motifs is 1. The van der Waals surface area contributed by atoms with E-state index in [-0.39, 0.29) is 30.3 Å². The third kappa shape index (κ3) is 3.49. The van der Waals surface area contributed by atoms with E-state index < -0.39 is 29.8 Å². The predicted molar refractivity (Wildman–Crippen MR) is 92.6 cm³/mol. The molecule has 0 saturated carbocycles. The lowest BCUT2D eigenvalue weighted by Gasteiger charge is -2.24. The van der Waals surface area contributed by atoms with Crippen molar-refractivity contribution in [3.8, 4) is 0 Å². The number of carbonyl (C=O) groups excluding carboxylic acids is 4. The van der Waals surface area contributed by atoms with Crippen LogP contribution in [0.2, 0.25) is 0 Å². The first-order chi connectivity index (χ1) is 12.8. The quantitative estimate of drug-likeness (QED) is 0.525. The van der Waals surface area contributed by atoms with Gasteiger partial charge in [0.25, 0.3) is 5.69 Å². The molecule has 0 aromatic carbocycles. The zero-order valence-corrected chi connectivity index (χ0v) is 14.9. The van der Waals surface area contributed by atoms with E-state index in [1.807, 2.05) is 0 Å². The molecule has 3 atom stereocenters. The number of hydrogen-bond acceptors (Lipinski definition) is 5. The molecule has 27 heavy (non-hydrogen) atoms. The number of pyridine rings is 1. The van der Waals surface area contributed by atoms with E-state index >= 15 is 0 Å². The van der Waals surface area contributed by atoms with E-state index in [1.54, 1.807) is 13.0 Å². The molecule has 9 nitrogen and oxygen atoms in total. The fraction of sp³-hybridized carbons (Fsp3) is 0.444. The summed E-state index contributed by atoms with van der Waals surface area (Å²) in [6, 6.07) is 3.34. The van der Waals surface area contributed by atoms with Crippen LogP contribution in [-0.4, -0.2) is 58.5 Å². The Kier molecular flexibility index (Phi) is 5.11. The molecule has 2 saturated heterocycles. The summed E-state index contributed by atoms with van der Waals surface area (Å²) in [5.41, 5.74) is 5.13. The van der Waals surface area contributed by atoms with Crippen LogP contribution in [0.5, 0.6) is 0 Å². The standard InChI is InChI=1S/C18H21N4O5/c1-11(17(19)25)5-6-15(24)20-9-7-12-16(20)14(23)10-21(12)18(26)13-4-2-3-8-22(13)27/h2-4,6,8,11-12,16H,5,7,9-10H2,1H3,(H2,19,25). The number of nitrogens with two attached hydrogens (primary N) is 1. The molecule has 3 heterocycles. The third-order valence-corrected chi connectivity index (χ3v) is 5.14. The van der Waals surface area contributed by atoms with Crippen molar-refractivity contribution >= 4 is 23.5 Å². The molecule has 9 heteroatoms. The van der Waals surface area contributed by atoms with Gasteiger partial charge < -0.3 is 20.7 Å². The van der Waals surface area contributed by atoms with Gasteiger partial charge in [-0.2, -0.15) is 4.73 Å². The summed E-state index contributed by atoms with van der Waals surface area (Å²) in [6.45, 7) is 1.82. The molecule has 143 valence electrons. The minimum Gasteiger partial charge on any atom is -0.618 e. The number of Topliss-reactive ketones (excluding diaryl/α,β-unsaturated/α-hetero) is 1. The van der Waals surface area contributed by atoms with Crippen LogP contribution in [0.1, 0.15) is 30.3 Å². The minimum absolute atomic E-state index is 0.0578. The van der Waals surface area contributed by atoms with Gasteiger partial charge in [-0.1, -0.05) is 6.92 Å². The van der Waals surface area contributed by atoms with E-state index in [4.69, 9.17) is 5.73 Å². The Hall–Kier alpha value is -2.97. The third-order valence-electron chi connectivity index (χ3n) is 5.14. The van der Waals surface area contributed by atoms with Crippen molar-refractivity contribution in [1.29, 1.82) is 0 Å². The molecule has 1 aromatic rings. The molecule has 0 spiro atoms. The van der Waals surface area contributed by atoms with Crippen molar-refractivity contribution in [1.82, 2.24) is 9.80 Å². The number of likely N-dealkylation sites (tertiary alicyclic amines) is 2. The van der Waals surface area contributed by atoms with Crippen LogP contribution in [0.15, 0.2) is 24.4 Å². The van der Waals surface area contributed by atoms with E-state index in [0.717, 1.165) is 0 Å². The highest BCUT2D eigenvalue weighted by Crippen LogP contribution is 2.31. The van der Waals surface area contributed by atoms with Gasteiger partial charge in [0.15, 0.2) is 12.0 Å². The molecule has 2 aliphatic heterocycles. The SMILES string of the molecule is CC(C[CH]C(=O)N1CCC2C1C(=O)CN2C(=O)c1cccc[n+]1[O-])C(N)=O. The monoisotopic (exact) mass is 373 g/mol. The molecule has 0 aliphatic carbocycles. The van der Waals surface area contributed by atoms with Crippen LogP contribution < -0.4 is 10.5 Å². The summed E-state index contributed by atoms with van der Waals surface area (Å²) < 4.78 is 0.469. The Morgan fingerprint density at radius 3 is 2.78 bits per heavy atom. The first kappa shape index (κ1) is 18.8. The van der Waals surface area contributed by atoms with Crippen molar-refractivity contribution in [3.63, 3.8) is 0 Å². The van der Waals surface area contributed by atoms with Crippen LogP contribution in [0.25, 0.3) is 0 Å². The largest absolute Gasteiger partial charge is 0.618 e. The Bertz CT molecular complexity index is 796.